The third kappa shape index (κ3) is 2.32. The number of hydrogen-bond donors (Lipinski definition) is 0. The van der Waals surface area contributed by atoms with Crippen LogP contribution in [0.2, 0.25) is 0 Å². The summed E-state index contributed by atoms with van der Waals surface area (Å²) in [6.07, 6.45) is 0. The Labute approximate surface area is 128 Å². The van der Waals surface area contributed by atoms with Crippen LogP contribution in [0.15, 0.2) is 91.0 Å². The minimum absolute atomic E-state index is 1.10. The molecule has 0 aromatic heterocycles. The van der Waals surface area contributed by atoms with Crippen molar-refractivity contribution in [1.82, 2.24) is 0 Å². The van der Waals surface area contributed by atoms with E-state index in [-0.39, 0.29) is 0 Å². The van der Waals surface area contributed by atoms with E-state index in [1.807, 2.05) is 0 Å². The van der Waals surface area contributed by atoms with Gasteiger partial charge in [0.1, 0.15) is 4.97 Å². The Morgan fingerprint density at radius 3 is 0.950 bits per heavy atom. The van der Waals surface area contributed by atoms with Gasteiger partial charge in [-0.3, -0.25) is 0 Å². The molecule has 3 aromatic carbocycles. The van der Waals surface area contributed by atoms with Crippen molar-refractivity contribution in [3.05, 3.63) is 91.0 Å². The van der Waals surface area contributed by atoms with Gasteiger partial charge in [0.2, 0.25) is 0 Å². The smallest absolute Gasteiger partial charge is 0.143 e. The van der Waals surface area contributed by atoms with Crippen molar-refractivity contribution in [3.63, 3.8) is 0 Å². The third-order valence-corrected chi connectivity index (χ3v) is 5.36. The van der Waals surface area contributed by atoms with E-state index in [4.69, 9.17) is 0 Å². The van der Waals surface area contributed by atoms with Crippen LogP contribution in [-0.4, -0.2) is 4.97 Å². The van der Waals surface area contributed by atoms with Gasteiger partial charge in [0, 0.05) is 0 Å². The Morgan fingerprint density at radius 2 is 0.700 bits per heavy atom. The number of rotatable bonds is 3. The zero-order valence-electron chi connectivity index (χ0n) is 11.1. The summed E-state index contributed by atoms with van der Waals surface area (Å²) in [5.41, 5.74) is 3.89. The number of benzene rings is 3. The quantitative estimate of drug-likeness (QED) is 0.650. The fourth-order valence-electron chi connectivity index (χ4n) is 2.73. The van der Waals surface area contributed by atoms with Crippen LogP contribution in [0, 0.1) is 0 Å². The maximum atomic E-state index is 4.07. The predicted molar refractivity (Wildman–Crippen MR) is 92.9 cm³/mol. The van der Waals surface area contributed by atoms with Gasteiger partial charge in [-0.15, -0.1) is 0 Å². The van der Waals surface area contributed by atoms with Crippen molar-refractivity contribution in [2.45, 2.75) is 0 Å². The van der Waals surface area contributed by atoms with E-state index in [0.717, 1.165) is 0 Å². The molecule has 0 aliphatic carbocycles. The zero-order valence-corrected chi connectivity index (χ0v) is 12.7. The Morgan fingerprint density at radius 1 is 0.450 bits per heavy atom. The first-order chi connectivity index (χ1) is 9.82. The van der Waals surface area contributed by atoms with E-state index in [1.165, 1.54) is 16.4 Å². The SMILES string of the molecule is Br[B-](c1ccccc1)(c1ccccc1)c1ccccc1. The molecular formula is C18H15BBr-. The first-order valence-corrected chi connectivity index (χ1v) is 7.73. The van der Waals surface area contributed by atoms with Crippen molar-refractivity contribution in [2.75, 3.05) is 0 Å². The Kier molecular flexibility index (Phi) is 3.75. The largest absolute Gasteiger partial charge is 0.337 e. The summed E-state index contributed by atoms with van der Waals surface area (Å²) in [5.74, 6) is 0. The van der Waals surface area contributed by atoms with E-state index in [0.29, 0.717) is 0 Å². The molecule has 0 spiro atoms. The van der Waals surface area contributed by atoms with Gasteiger partial charge in [-0.2, -0.15) is 16.4 Å². The van der Waals surface area contributed by atoms with Crippen LogP contribution in [0.3, 0.4) is 0 Å². The van der Waals surface area contributed by atoms with Crippen molar-refractivity contribution in [1.29, 1.82) is 0 Å². The second kappa shape index (κ2) is 5.68. The normalized spacial score (nSPS) is 11.2. The molecule has 0 radical (unpaired) electrons. The molecule has 0 saturated heterocycles. The molecule has 98 valence electrons. The Bertz CT molecular complexity index is 569. The molecule has 0 amide bonds. The fraction of sp³-hybridized carbons (Fsp3) is 0. The van der Waals surface area contributed by atoms with Gasteiger partial charge in [0.05, 0.1) is 0 Å². The molecule has 0 aliphatic rings. The first kappa shape index (κ1) is 13.2. The highest BCUT2D eigenvalue weighted by Gasteiger charge is 2.25. The summed E-state index contributed by atoms with van der Waals surface area (Å²) in [5, 5.41) is 0. The molecule has 0 heterocycles. The highest BCUT2D eigenvalue weighted by molar-refractivity contribution is 9.27. The number of halogens is 1. The summed E-state index contributed by atoms with van der Waals surface area (Å²) in [7, 11) is 0. The van der Waals surface area contributed by atoms with Crippen molar-refractivity contribution >= 4 is 37.1 Å². The monoisotopic (exact) mass is 321 g/mol. The van der Waals surface area contributed by atoms with Gasteiger partial charge in [-0.1, -0.05) is 91.0 Å². The molecule has 0 nitrogen and oxygen atoms in total. The van der Waals surface area contributed by atoms with E-state index >= 15 is 0 Å². The molecule has 0 saturated carbocycles. The summed E-state index contributed by atoms with van der Waals surface area (Å²) in [4.78, 5) is -1.10. The van der Waals surface area contributed by atoms with Crippen LogP contribution in [0.1, 0.15) is 0 Å². The van der Waals surface area contributed by atoms with E-state index < -0.39 is 4.97 Å². The minimum Gasteiger partial charge on any atom is -0.337 e. The summed E-state index contributed by atoms with van der Waals surface area (Å²) < 4.78 is 0. The average molecular weight is 322 g/mol. The van der Waals surface area contributed by atoms with Crippen LogP contribution in [-0.2, 0) is 0 Å². The summed E-state index contributed by atoms with van der Waals surface area (Å²) in [6, 6.07) is 31.9. The average Bonchev–Trinajstić information content (AvgIpc) is 2.56. The molecule has 0 aliphatic heterocycles. The van der Waals surface area contributed by atoms with Gasteiger partial charge < -0.3 is 15.8 Å². The summed E-state index contributed by atoms with van der Waals surface area (Å²) >= 11 is 4.07. The van der Waals surface area contributed by atoms with Gasteiger partial charge in [0.25, 0.3) is 0 Å². The van der Waals surface area contributed by atoms with Crippen LogP contribution < -0.4 is 16.4 Å². The topological polar surface area (TPSA) is 0 Å². The Hall–Kier alpha value is -1.80. The lowest BCUT2D eigenvalue weighted by atomic mass is 9.36. The van der Waals surface area contributed by atoms with E-state index in [2.05, 4.69) is 107 Å². The maximum absolute atomic E-state index is 4.07. The lowest BCUT2D eigenvalue weighted by molar-refractivity contribution is 1.70. The van der Waals surface area contributed by atoms with Crippen molar-refractivity contribution in [3.8, 4) is 0 Å². The second-order valence-electron chi connectivity index (χ2n) is 4.99. The van der Waals surface area contributed by atoms with Gasteiger partial charge in [0.15, 0.2) is 0 Å². The third-order valence-electron chi connectivity index (χ3n) is 3.78. The molecule has 3 rings (SSSR count). The van der Waals surface area contributed by atoms with Crippen LogP contribution in [0.4, 0.5) is 0 Å². The summed E-state index contributed by atoms with van der Waals surface area (Å²) in [6.45, 7) is 0. The molecule has 2 heteroatoms. The standard InChI is InChI=1S/C18H15BBr/c20-19(16-10-4-1-5-11-16,17-12-6-2-7-13-17)18-14-8-3-9-15-18/h1-15H/q-1. The number of hydrogen-bond acceptors (Lipinski definition) is 0. The highest BCUT2D eigenvalue weighted by atomic mass is 79.9. The van der Waals surface area contributed by atoms with Crippen LogP contribution in [0.25, 0.3) is 0 Å². The van der Waals surface area contributed by atoms with Gasteiger partial charge in [-0.05, 0) is 0 Å². The lowest BCUT2D eigenvalue weighted by Gasteiger charge is -2.37. The highest BCUT2D eigenvalue weighted by Crippen LogP contribution is 2.13. The molecule has 0 atom stereocenters. The predicted octanol–water partition coefficient (Wildman–Crippen LogP) is 3.05. The van der Waals surface area contributed by atoms with Gasteiger partial charge in [-0.25, -0.2) is 0 Å². The van der Waals surface area contributed by atoms with Crippen molar-refractivity contribution in [2.24, 2.45) is 0 Å². The van der Waals surface area contributed by atoms with Crippen LogP contribution >= 0.6 is 15.8 Å². The minimum atomic E-state index is -1.10. The van der Waals surface area contributed by atoms with Gasteiger partial charge >= 0.3 is 0 Å². The second-order valence-corrected chi connectivity index (χ2v) is 6.37. The zero-order chi connectivity index (χ0) is 13.8. The van der Waals surface area contributed by atoms with Crippen LogP contribution in [0.5, 0.6) is 0 Å². The molecular weight excluding hydrogens is 307 g/mol. The lowest BCUT2D eigenvalue weighted by Crippen LogP contribution is -2.62. The molecule has 0 bridgehead atoms. The first-order valence-electron chi connectivity index (χ1n) is 6.82. The fourth-order valence-corrected chi connectivity index (χ4v) is 3.65. The van der Waals surface area contributed by atoms with Crippen molar-refractivity contribution < 1.29 is 0 Å². The molecule has 0 fully saturated rings. The molecule has 0 unspecified atom stereocenters. The van der Waals surface area contributed by atoms with E-state index in [9.17, 15) is 0 Å². The molecule has 20 heavy (non-hydrogen) atoms. The molecule has 0 N–H and O–H groups in total. The molecule has 3 aromatic rings. The maximum Gasteiger partial charge on any atom is 0.143 e. The van der Waals surface area contributed by atoms with E-state index in [1.54, 1.807) is 0 Å². The Balaban J connectivity index is 2.24.